The maximum absolute atomic E-state index is 13.0. The Hall–Kier alpha value is -2.73. The van der Waals surface area contributed by atoms with Gasteiger partial charge in [-0.1, -0.05) is 57.7 Å². The van der Waals surface area contributed by atoms with Gasteiger partial charge in [0.1, 0.15) is 16.3 Å². The molecule has 0 spiro atoms. The second-order valence-electron chi connectivity index (χ2n) is 7.75. The van der Waals surface area contributed by atoms with Crippen LogP contribution in [0, 0.1) is 6.92 Å². The minimum atomic E-state index is -0.455. The summed E-state index contributed by atoms with van der Waals surface area (Å²) in [6, 6.07) is 8.26. The fourth-order valence-corrected chi connectivity index (χ4v) is 4.01. The van der Waals surface area contributed by atoms with Gasteiger partial charge >= 0.3 is 5.97 Å². The Morgan fingerprint density at radius 2 is 1.96 bits per heavy atom. The van der Waals surface area contributed by atoms with Gasteiger partial charge in [0.15, 0.2) is 0 Å². The molecule has 0 bridgehead atoms. The monoisotopic (exact) mass is 396 g/mol. The van der Waals surface area contributed by atoms with Crippen molar-refractivity contribution in [2.24, 2.45) is 0 Å². The number of ether oxygens (including phenoxy) is 1. The van der Waals surface area contributed by atoms with E-state index in [4.69, 9.17) is 4.74 Å². The van der Waals surface area contributed by atoms with E-state index in [-0.39, 0.29) is 17.6 Å². The molecule has 0 saturated carbocycles. The van der Waals surface area contributed by atoms with Gasteiger partial charge in [-0.3, -0.25) is 9.36 Å². The molecule has 0 N–H and O–H groups in total. The molecule has 3 aromatic rings. The van der Waals surface area contributed by atoms with Crippen molar-refractivity contribution in [3.8, 4) is 0 Å². The van der Waals surface area contributed by atoms with E-state index >= 15 is 0 Å². The Labute approximate surface area is 168 Å². The lowest BCUT2D eigenvalue weighted by Gasteiger charge is -2.19. The second kappa shape index (κ2) is 7.72. The summed E-state index contributed by atoms with van der Waals surface area (Å²) in [5.74, 6) is -0.455. The number of carbonyl (C=O) groups excluding carboxylic acids is 1. The summed E-state index contributed by atoms with van der Waals surface area (Å²) in [4.78, 5) is 30.5. The molecule has 0 amide bonds. The van der Waals surface area contributed by atoms with Crippen LogP contribution < -0.4 is 5.56 Å². The minimum absolute atomic E-state index is 0.0836. The van der Waals surface area contributed by atoms with Gasteiger partial charge in [0.05, 0.1) is 18.3 Å². The number of aryl methyl sites for hydroxylation is 1. The standard InChI is InChI=1S/C22H24N2O3S/c1-6-11-27-21(26)18-14(2)17-19(28-18)23-13-24(20(17)25)12-15-7-9-16(10-8-15)22(3,4)5/h6-10,13H,1,11-12H2,2-5H3. The summed E-state index contributed by atoms with van der Waals surface area (Å²) in [6.07, 6.45) is 3.05. The highest BCUT2D eigenvalue weighted by Crippen LogP contribution is 2.27. The van der Waals surface area contributed by atoms with Crippen molar-refractivity contribution in [3.05, 3.63) is 75.2 Å². The molecule has 0 aliphatic heterocycles. The zero-order valence-corrected chi connectivity index (χ0v) is 17.4. The van der Waals surface area contributed by atoms with Gasteiger partial charge < -0.3 is 4.74 Å². The topological polar surface area (TPSA) is 61.2 Å². The largest absolute Gasteiger partial charge is 0.457 e. The molecule has 0 saturated heterocycles. The number of aromatic nitrogens is 2. The molecule has 2 heterocycles. The van der Waals surface area contributed by atoms with Gasteiger partial charge in [0, 0.05) is 0 Å². The molecular weight excluding hydrogens is 372 g/mol. The van der Waals surface area contributed by atoms with E-state index in [1.54, 1.807) is 11.5 Å². The molecule has 146 valence electrons. The Kier molecular flexibility index (Phi) is 5.52. The van der Waals surface area contributed by atoms with Gasteiger partial charge in [-0.15, -0.1) is 11.3 Å². The van der Waals surface area contributed by atoms with Crippen molar-refractivity contribution < 1.29 is 9.53 Å². The lowest BCUT2D eigenvalue weighted by molar-refractivity contribution is 0.0555. The van der Waals surface area contributed by atoms with E-state index in [2.05, 4.69) is 44.5 Å². The SMILES string of the molecule is C=CCOC(=O)c1sc2ncn(Cc3ccc(C(C)(C)C)cc3)c(=O)c2c1C. The number of esters is 1. The Bertz CT molecular complexity index is 1090. The van der Waals surface area contributed by atoms with E-state index in [0.29, 0.717) is 27.2 Å². The van der Waals surface area contributed by atoms with Crippen LogP contribution in [0.3, 0.4) is 0 Å². The maximum atomic E-state index is 13.0. The quantitative estimate of drug-likeness (QED) is 0.472. The summed E-state index contributed by atoms with van der Waals surface area (Å²) < 4.78 is 6.69. The zero-order valence-electron chi connectivity index (χ0n) is 16.6. The van der Waals surface area contributed by atoms with Gasteiger partial charge in [-0.2, -0.15) is 0 Å². The fourth-order valence-electron chi connectivity index (χ4n) is 2.97. The third-order valence-electron chi connectivity index (χ3n) is 4.61. The van der Waals surface area contributed by atoms with Crippen LogP contribution >= 0.6 is 11.3 Å². The summed E-state index contributed by atoms with van der Waals surface area (Å²) >= 11 is 1.18. The molecule has 2 aromatic heterocycles. The number of thiophene rings is 1. The number of rotatable bonds is 5. The maximum Gasteiger partial charge on any atom is 0.348 e. The molecule has 6 heteroatoms. The number of benzene rings is 1. The van der Waals surface area contributed by atoms with E-state index in [1.807, 2.05) is 12.1 Å². The molecule has 0 unspecified atom stereocenters. The normalized spacial score (nSPS) is 11.6. The van der Waals surface area contributed by atoms with E-state index < -0.39 is 5.97 Å². The predicted octanol–water partition coefficient (Wildman–Crippen LogP) is 4.46. The molecule has 0 fully saturated rings. The fraction of sp³-hybridized carbons (Fsp3) is 0.318. The highest BCUT2D eigenvalue weighted by Gasteiger charge is 2.20. The van der Waals surface area contributed by atoms with Gasteiger partial charge in [-0.05, 0) is 29.0 Å². The van der Waals surface area contributed by atoms with Gasteiger partial charge in [0.25, 0.3) is 5.56 Å². The molecule has 0 radical (unpaired) electrons. The van der Waals surface area contributed by atoms with Crippen LogP contribution in [0.5, 0.6) is 0 Å². The summed E-state index contributed by atoms with van der Waals surface area (Å²) in [7, 11) is 0. The van der Waals surface area contributed by atoms with Crippen LogP contribution in [-0.4, -0.2) is 22.1 Å². The first kappa shape index (κ1) is 20.0. The molecular formula is C22H24N2O3S. The number of hydrogen-bond acceptors (Lipinski definition) is 5. The summed E-state index contributed by atoms with van der Waals surface area (Å²) in [6.45, 7) is 12.4. The van der Waals surface area contributed by atoms with Crippen LogP contribution in [0.4, 0.5) is 0 Å². The van der Waals surface area contributed by atoms with E-state index in [1.165, 1.54) is 29.3 Å². The lowest BCUT2D eigenvalue weighted by Crippen LogP contribution is -2.21. The first-order valence-corrected chi connectivity index (χ1v) is 9.90. The molecule has 0 aliphatic carbocycles. The van der Waals surface area contributed by atoms with Gasteiger partial charge in [-0.25, -0.2) is 9.78 Å². The highest BCUT2D eigenvalue weighted by molar-refractivity contribution is 7.20. The second-order valence-corrected chi connectivity index (χ2v) is 8.75. The molecule has 28 heavy (non-hydrogen) atoms. The van der Waals surface area contributed by atoms with Crippen molar-refractivity contribution in [1.29, 1.82) is 0 Å². The number of carbonyl (C=O) groups is 1. The summed E-state index contributed by atoms with van der Waals surface area (Å²) in [5, 5.41) is 0.476. The Morgan fingerprint density at radius 1 is 1.29 bits per heavy atom. The average Bonchev–Trinajstić information content (AvgIpc) is 2.99. The highest BCUT2D eigenvalue weighted by atomic mass is 32.1. The van der Waals surface area contributed by atoms with Crippen molar-refractivity contribution >= 4 is 27.5 Å². The number of hydrogen-bond donors (Lipinski definition) is 0. The van der Waals surface area contributed by atoms with Crippen LogP contribution in [0.2, 0.25) is 0 Å². The van der Waals surface area contributed by atoms with E-state index in [0.717, 1.165) is 5.56 Å². The molecule has 0 aliphatic rings. The van der Waals surface area contributed by atoms with Crippen LogP contribution in [-0.2, 0) is 16.7 Å². The van der Waals surface area contributed by atoms with Crippen molar-refractivity contribution in [1.82, 2.24) is 9.55 Å². The molecule has 1 aromatic carbocycles. The minimum Gasteiger partial charge on any atom is -0.457 e. The number of fused-ring (bicyclic) bond motifs is 1. The van der Waals surface area contributed by atoms with Crippen LogP contribution in [0.15, 0.2) is 48.0 Å². The lowest BCUT2D eigenvalue weighted by atomic mass is 9.87. The predicted molar refractivity (Wildman–Crippen MR) is 113 cm³/mol. The van der Waals surface area contributed by atoms with Crippen molar-refractivity contribution in [2.75, 3.05) is 6.61 Å². The molecule has 3 rings (SSSR count). The summed E-state index contributed by atoms with van der Waals surface area (Å²) in [5.41, 5.74) is 2.81. The van der Waals surface area contributed by atoms with Crippen LogP contribution in [0.25, 0.3) is 10.2 Å². The van der Waals surface area contributed by atoms with E-state index in [9.17, 15) is 9.59 Å². The third-order valence-corrected chi connectivity index (χ3v) is 5.79. The first-order chi connectivity index (χ1) is 13.2. The zero-order chi connectivity index (χ0) is 20.5. The molecule has 5 nitrogen and oxygen atoms in total. The Balaban J connectivity index is 1.94. The first-order valence-electron chi connectivity index (χ1n) is 9.08. The molecule has 0 atom stereocenters. The van der Waals surface area contributed by atoms with Crippen molar-refractivity contribution in [3.63, 3.8) is 0 Å². The Morgan fingerprint density at radius 3 is 2.57 bits per heavy atom. The van der Waals surface area contributed by atoms with Crippen LogP contribution in [0.1, 0.15) is 47.1 Å². The van der Waals surface area contributed by atoms with Gasteiger partial charge in [0.2, 0.25) is 0 Å². The smallest absolute Gasteiger partial charge is 0.348 e. The van der Waals surface area contributed by atoms with Crippen molar-refractivity contribution in [2.45, 2.75) is 39.7 Å². The average molecular weight is 397 g/mol. The number of nitrogens with zero attached hydrogens (tertiary/aromatic N) is 2. The third kappa shape index (κ3) is 3.92.